The van der Waals surface area contributed by atoms with E-state index in [0.29, 0.717) is 39.1 Å². The van der Waals surface area contributed by atoms with Crippen molar-refractivity contribution in [1.82, 2.24) is 41.7 Å². The van der Waals surface area contributed by atoms with Crippen LogP contribution >= 0.6 is 0 Å². The molecule has 23 nitrogen and oxygen atoms in total. The van der Waals surface area contributed by atoms with Crippen molar-refractivity contribution in [2.75, 3.05) is 39.5 Å². The zero-order valence-corrected chi connectivity index (χ0v) is 51.2. The van der Waals surface area contributed by atoms with Crippen LogP contribution in [0.5, 0.6) is 0 Å². The molecule has 0 radical (unpaired) electrons. The number of nitrogens with zero attached hydrogens (tertiary/aromatic N) is 2. The number of hydrogen-bond acceptors (Lipinski definition) is 15. The molecule has 8 rings (SSSR count). The van der Waals surface area contributed by atoms with Crippen LogP contribution in [0, 0.1) is 34.5 Å². The van der Waals surface area contributed by atoms with Crippen LogP contribution in [0.1, 0.15) is 179 Å². The molecule has 0 bridgehead atoms. The van der Waals surface area contributed by atoms with Crippen molar-refractivity contribution in [2.24, 2.45) is 34.5 Å². The Morgan fingerprint density at radius 1 is 0.566 bits per heavy atom. The van der Waals surface area contributed by atoms with Gasteiger partial charge in [-0.05, 0) is 127 Å². The number of aliphatic hydroxyl groups is 1. The maximum absolute atomic E-state index is 14.1. The molecule has 4 aliphatic carbocycles. The van der Waals surface area contributed by atoms with Crippen LogP contribution < -0.4 is 31.9 Å². The number of aliphatic hydroxyl groups excluding tert-OH is 1. The van der Waals surface area contributed by atoms with E-state index in [4.69, 9.17) is 23.7 Å². The van der Waals surface area contributed by atoms with Crippen LogP contribution in [-0.4, -0.2) is 180 Å². The highest BCUT2D eigenvalue weighted by Crippen LogP contribution is 2.66. The lowest BCUT2D eigenvalue weighted by atomic mass is 9.97. The summed E-state index contributed by atoms with van der Waals surface area (Å²) in [5, 5.41) is 28.0. The molecule has 12 atom stereocenters. The molecule has 8 aliphatic rings. The standard InChI is InChI=1S/C31H50N4O8.C29H48N4O7/c1-18(36)42-25(27(38)32-19-13-14-19)21-12-10-8-7-9-11-15-41-17-22(34-29(40)43-30(2,3)4)28(39)35-16-20-23(31(20,5)6)24(35)26(37)33-21;1-28(2,3)40-27(38)32-20-16-39-14-10-8-6-7-9-11-19(23(34)25(36)30-17-12-13-17)31-24(35)22-21-18(29(21,4)5)15-33(22)26(20)37/h19-25H,7-17H2,1-6H3,(H,32,38)(H,33,37)(H,34,40);17-23,34H,6-16H2,1-5H3,(H,30,36)(H,31,35)(H,32,38)/t20-,21-,22-,23-,24-,25?;18-,19-,20-,21-,22-,23?/m00/s1. The smallest absolute Gasteiger partial charge is 0.408 e. The summed E-state index contributed by atoms with van der Waals surface area (Å²) in [7, 11) is 0. The molecule has 8 fully saturated rings. The second kappa shape index (κ2) is 27.4. The number of nitrogens with one attached hydrogen (secondary N) is 6. The van der Waals surface area contributed by atoms with Crippen molar-refractivity contribution in [1.29, 1.82) is 0 Å². The minimum atomic E-state index is -1.37. The van der Waals surface area contributed by atoms with E-state index in [1.54, 1.807) is 46.4 Å². The fourth-order valence-electron chi connectivity index (χ4n) is 12.7. The third-order valence-electron chi connectivity index (χ3n) is 17.7. The van der Waals surface area contributed by atoms with Crippen molar-refractivity contribution in [2.45, 2.75) is 251 Å². The van der Waals surface area contributed by atoms with Gasteiger partial charge in [-0.25, -0.2) is 9.59 Å². The predicted molar refractivity (Wildman–Crippen MR) is 304 cm³/mol. The molecule has 0 aromatic rings. The van der Waals surface area contributed by atoms with Crippen molar-refractivity contribution in [3.05, 3.63) is 0 Å². The van der Waals surface area contributed by atoms with Crippen molar-refractivity contribution in [3.63, 3.8) is 0 Å². The van der Waals surface area contributed by atoms with E-state index >= 15 is 0 Å². The number of rotatable bonds is 9. The molecule has 2 unspecified atom stereocenters. The zero-order chi connectivity index (χ0) is 60.8. The Labute approximate surface area is 490 Å². The number of hydrogen-bond donors (Lipinski definition) is 7. The van der Waals surface area contributed by atoms with Gasteiger partial charge < -0.3 is 70.5 Å². The third kappa shape index (κ3) is 17.9. The lowest BCUT2D eigenvalue weighted by Crippen LogP contribution is -2.60. The van der Waals surface area contributed by atoms with Gasteiger partial charge in [-0.1, -0.05) is 79.1 Å². The first-order valence-corrected chi connectivity index (χ1v) is 30.8. The summed E-state index contributed by atoms with van der Waals surface area (Å²) in [5.41, 5.74) is -1.77. The maximum atomic E-state index is 14.1. The third-order valence-corrected chi connectivity index (χ3v) is 17.7. The van der Waals surface area contributed by atoms with E-state index in [-0.39, 0.29) is 65.7 Å². The van der Waals surface area contributed by atoms with Crippen molar-refractivity contribution >= 4 is 53.6 Å². The molecule has 8 amide bonds. The summed E-state index contributed by atoms with van der Waals surface area (Å²) < 4.78 is 28.0. The molecule has 0 aromatic heterocycles. The second-order valence-corrected chi connectivity index (χ2v) is 27.7. The molecule has 4 saturated heterocycles. The van der Waals surface area contributed by atoms with Gasteiger partial charge in [0.1, 0.15) is 35.4 Å². The SMILES string of the molecule is CC(=O)OC(C(=O)NC1CC1)[C@@H]1CCCCCCCOC[C@H](NC(=O)OC(C)(C)C)C(=O)N2C[C@H]3[C@@H]([C@H]2C(=O)N1)C3(C)C.CC(C)(C)OC(=O)N[C@H]1COCCCCCCC[C@@H](C(O)C(=O)NC2CC2)NC(=O)[C@@H]2[C@@H]3[C@H](CN2C1=O)C3(C)C. The Morgan fingerprint density at radius 3 is 1.36 bits per heavy atom. The zero-order valence-electron chi connectivity index (χ0n) is 51.2. The Hall–Kier alpha value is -5.29. The van der Waals surface area contributed by atoms with Crippen LogP contribution in [-0.2, 0) is 57.2 Å². The van der Waals surface area contributed by atoms with Gasteiger partial charge in [-0.15, -0.1) is 0 Å². The minimum Gasteiger partial charge on any atom is -0.450 e. The van der Waals surface area contributed by atoms with Gasteiger partial charge in [0.2, 0.25) is 23.6 Å². The highest BCUT2D eigenvalue weighted by atomic mass is 16.6. The molecule has 83 heavy (non-hydrogen) atoms. The van der Waals surface area contributed by atoms with E-state index < -0.39 is 107 Å². The maximum Gasteiger partial charge on any atom is 0.408 e. The molecule has 7 N–H and O–H groups in total. The summed E-state index contributed by atoms with van der Waals surface area (Å²) in [4.78, 5) is 122. The van der Waals surface area contributed by atoms with E-state index in [1.807, 2.05) is 0 Å². The molecule has 4 aliphatic heterocycles. The monoisotopic (exact) mass is 1170 g/mol. The number of carbonyl (C=O) groups excluding carboxylic acids is 9. The Bertz CT molecular complexity index is 2350. The first-order chi connectivity index (χ1) is 39.0. The van der Waals surface area contributed by atoms with E-state index in [1.165, 1.54) is 11.8 Å². The Balaban J connectivity index is 0.000000239. The number of esters is 1. The summed E-state index contributed by atoms with van der Waals surface area (Å²) in [6.45, 7) is 21.6. The average molecular weight is 1170 g/mol. The highest BCUT2D eigenvalue weighted by Gasteiger charge is 2.71. The predicted octanol–water partition coefficient (Wildman–Crippen LogP) is 4.29. The number of carbonyl (C=O) groups is 9. The Kier molecular flexibility index (Phi) is 21.5. The van der Waals surface area contributed by atoms with Gasteiger partial charge in [-0.3, -0.25) is 33.6 Å². The van der Waals surface area contributed by atoms with Crippen LogP contribution in [0.15, 0.2) is 0 Å². The van der Waals surface area contributed by atoms with Crippen molar-refractivity contribution in [3.8, 4) is 0 Å². The van der Waals surface area contributed by atoms with Gasteiger partial charge in [0.05, 0.1) is 25.3 Å². The fraction of sp³-hybridized carbons (Fsp3) is 0.850. The molecular formula is C60H98N8O15. The molecular weight excluding hydrogens is 1070 g/mol. The van der Waals surface area contributed by atoms with E-state index in [9.17, 15) is 48.3 Å². The normalized spacial score (nSPS) is 31.4. The first-order valence-electron chi connectivity index (χ1n) is 30.8. The van der Waals surface area contributed by atoms with Gasteiger partial charge in [0.25, 0.3) is 11.8 Å². The van der Waals surface area contributed by atoms with Crippen LogP contribution in [0.3, 0.4) is 0 Å². The minimum absolute atomic E-state index is 0.0235. The molecule has 23 heteroatoms. The number of alkyl carbamates (subject to hydrolysis) is 2. The van der Waals surface area contributed by atoms with E-state index in [2.05, 4.69) is 59.6 Å². The highest BCUT2D eigenvalue weighted by molar-refractivity contribution is 5.95. The Morgan fingerprint density at radius 2 is 0.952 bits per heavy atom. The molecule has 0 aromatic carbocycles. The molecule has 4 heterocycles. The quantitative estimate of drug-likeness (QED) is 0.125. The van der Waals surface area contributed by atoms with Crippen molar-refractivity contribution < 1.29 is 71.9 Å². The molecule has 468 valence electrons. The largest absolute Gasteiger partial charge is 0.450 e. The number of piperidine rings is 2. The average Bonchev–Trinajstić information content (AvgIpc) is 1.86. The summed E-state index contributed by atoms with van der Waals surface area (Å²) in [6.07, 6.45) is 8.98. The molecule has 4 saturated carbocycles. The lowest BCUT2D eigenvalue weighted by Gasteiger charge is -2.35. The van der Waals surface area contributed by atoms with Gasteiger partial charge in [0.15, 0.2) is 12.2 Å². The van der Waals surface area contributed by atoms with Crippen LogP contribution in [0.4, 0.5) is 9.59 Å². The van der Waals surface area contributed by atoms with E-state index in [0.717, 1.165) is 89.9 Å². The summed E-state index contributed by atoms with van der Waals surface area (Å²) in [5.74, 6) is -2.97. The summed E-state index contributed by atoms with van der Waals surface area (Å²) >= 11 is 0. The fourth-order valence-corrected chi connectivity index (χ4v) is 12.7. The summed E-state index contributed by atoms with van der Waals surface area (Å²) in [6, 6.07) is -4.98. The number of fused-ring (bicyclic) bond motifs is 6. The lowest BCUT2D eigenvalue weighted by molar-refractivity contribution is -0.157. The molecule has 0 spiro atoms. The second-order valence-electron chi connectivity index (χ2n) is 27.7. The topological polar surface area (TPSA) is 299 Å². The number of amides is 8. The van der Waals surface area contributed by atoms with Gasteiger partial charge in [0, 0.05) is 45.3 Å². The van der Waals surface area contributed by atoms with Gasteiger partial charge >= 0.3 is 18.2 Å². The van der Waals surface area contributed by atoms with Crippen LogP contribution in [0.2, 0.25) is 0 Å². The number of ether oxygens (including phenoxy) is 5. The van der Waals surface area contributed by atoms with Crippen LogP contribution in [0.25, 0.3) is 0 Å². The van der Waals surface area contributed by atoms with Gasteiger partial charge in [-0.2, -0.15) is 0 Å². The first kappa shape index (κ1) is 65.3.